The number of urea groups is 1. The van der Waals surface area contributed by atoms with Crippen LogP contribution in [0.15, 0.2) is 0 Å². The second-order valence-corrected chi connectivity index (χ2v) is 4.68. The molecule has 0 radical (unpaired) electrons. The van der Waals surface area contributed by atoms with Gasteiger partial charge in [-0.05, 0) is 46.7 Å². The summed E-state index contributed by atoms with van der Waals surface area (Å²) < 4.78 is 0. The van der Waals surface area contributed by atoms with Gasteiger partial charge in [0.1, 0.15) is 0 Å². The smallest absolute Gasteiger partial charge is 0.315 e. The molecule has 88 valence electrons. The molecule has 1 saturated heterocycles. The lowest BCUT2D eigenvalue weighted by Gasteiger charge is -2.21. The van der Waals surface area contributed by atoms with Gasteiger partial charge in [-0.3, -0.25) is 0 Å². The van der Waals surface area contributed by atoms with Gasteiger partial charge in [-0.2, -0.15) is 0 Å². The number of hydrogen-bond donors (Lipinski definition) is 2. The Labute approximate surface area is 92.4 Å². The zero-order chi connectivity index (χ0) is 11.3. The fraction of sp³-hybridized carbons (Fsp3) is 0.909. The molecule has 1 aliphatic rings. The molecule has 1 atom stereocenters. The molecule has 0 bridgehead atoms. The van der Waals surface area contributed by atoms with E-state index >= 15 is 0 Å². The largest absolute Gasteiger partial charge is 0.336 e. The minimum absolute atomic E-state index is 0.0586. The van der Waals surface area contributed by atoms with Gasteiger partial charge >= 0.3 is 6.03 Å². The highest BCUT2D eigenvalue weighted by atomic mass is 16.2. The fourth-order valence-corrected chi connectivity index (χ4v) is 1.93. The minimum Gasteiger partial charge on any atom is -0.336 e. The zero-order valence-corrected chi connectivity index (χ0v) is 10.0. The highest BCUT2D eigenvalue weighted by Crippen LogP contribution is 2.07. The van der Waals surface area contributed by atoms with Crippen LogP contribution in [0.5, 0.6) is 0 Å². The van der Waals surface area contributed by atoms with Crippen LogP contribution in [0.25, 0.3) is 0 Å². The summed E-state index contributed by atoms with van der Waals surface area (Å²) in [6, 6.07) is 0.363. The summed E-state index contributed by atoms with van der Waals surface area (Å²) in [5.74, 6) is 0. The first-order chi connectivity index (χ1) is 7.08. The van der Waals surface area contributed by atoms with Gasteiger partial charge in [0, 0.05) is 18.6 Å². The van der Waals surface area contributed by atoms with Crippen molar-refractivity contribution in [2.24, 2.45) is 0 Å². The highest BCUT2D eigenvalue weighted by Gasteiger charge is 2.15. The predicted octanol–water partition coefficient (Wildman–Crippen LogP) is 1.18. The van der Waals surface area contributed by atoms with Crippen LogP contribution < -0.4 is 10.6 Å². The van der Waals surface area contributed by atoms with Crippen LogP contribution in [0, 0.1) is 0 Å². The van der Waals surface area contributed by atoms with E-state index in [1.165, 1.54) is 25.9 Å². The monoisotopic (exact) mass is 213 g/mol. The third-order valence-electron chi connectivity index (χ3n) is 2.53. The molecule has 1 aliphatic heterocycles. The normalized spacial score (nSPS) is 19.2. The minimum atomic E-state index is -0.0586. The summed E-state index contributed by atoms with van der Waals surface area (Å²) in [5, 5.41) is 5.78. The maximum atomic E-state index is 11.4. The van der Waals surface area contributed by atoms with Gasteiger partial charge in [0.15, 0.2) is 0 Å². The van der Waals surface area contributed by atoms with Crippen molar-refractivity contribution >= 4 is 6.03 Å². The van der Waals surface area contributed by atoms with Gasteiger partial charge in [-0.1, -0.05) is 0 Å². The second-order valence-electron chi connectivity index (χ2n) is 4.68. The van der Waals surface area contributed by atoms with Crippen molar-refractivity contribution in [2.75, 3.05) is 19.6 Å². The average molecular weight is 213 g/mol. The number of carbonyl (C=O) groups excluding carboxylic acids is 1. The van der Waals surface area contributed by atoms with Gasteiger partial charge in [-0.15, -0.1) is 0 Å². The third kappa shape index (κ3) is 5.02. The first-order valence-electron chi connectivity index (χ1n) is 5.87. The van der Waals surface area contributed by atoms with E-state index in [9.17, 15) is 4.79 Å². The maximum absolute atomic E-state index is 11.4. The van der Waals surface area contributed by atoms with Crippen LogP contribution in [0.1, 0.15) is 33.6 Å². The van der Waals surface area contributed by atoms with Crippen molar-refractivity contribution in [3.8, 4) is 0 Å². The summed E-state index contributed by atoms with van der Waals surface area (Å²) in [7, 11) is 0. The Morgan fingerprint density at radius 1 is 1.20 bits per heavy atom. The molecule has 1 unspecified atom stereocenters. The molecule has 1 fully saturated rings. The van der Waals surface area contributed by atoms with Gasteiger partial charge in [0.25, 0.3) is 0 Å². The van der Waals surface area contributed by atoms with E-state index in [-0.39, 0.29) is 18.1 Å². The fourth-order valence-electron chi connectivity index (χ4n) is 1.93. The van der Waals surface area contributed by atoms with E-state index in [2.05, 4.69) is 22.5 Å². The van der Waals surface area contributed by atoms with Crippen LogP contribution in [0.2, 0.25) is 0 Å². The molecule has 4 heteroatoms. The van der Waals surface area contributed by atoms with E-state index in [1.807, 2.05) is 13.8 Å². The molecule has 2 amide bonds. The Morgan fingerprint density at radius 3 is 2.33 bits per heavy atom. The van der Waals surface area contributed by atoms with Crippen LogP contribution in [0.4, 0.5) is 4.79 Å². The molecular formula is C11H23N3O. The predicted molar refractivity (Wildman–Crippen MR) is 61.9 cm³/mol. The van der Waals surface area contributed by atoms with Crippen LogP contribution in [0.3, 0.4) is 0 Å². The Bertz CT molecular complexity index is 200. The molecule has 0 aliphatic carbocycles. The molecule has 15 heavy (non-hydrogen) atoms. The number of rotatable bonds is 4. The van der Waals surface area contributed by atoms with Crippen molar-refractivity contribution in [1.82, 2.24) is 15.5 Å². The van der Waals surface area contributed by atoms with Crippen molar-refractivity contribution in [1.29, 1.82) is 0 Å². The van der Waals surface area contributed by atoms with Crippen LogP contribution >= 0.6 is 0 Å². The summed E-state index contributed by atoms with van der Waals surface area (Å²) in [5.41, 5.74) is 0. The highest BCUT2D eigenvalue weighted by molar-refractivity contribution is 5.74. The van der Waals surface area contributed by atoms with Crippen molar-refractivity contribution in [3.63, 3.8) is 0 Å². The van der Waals surface area contributed by atoms with Gasteiger partial charge in [0.05, 0.1) is 0 Å². The van der Waals surface area contributed by atoms with Gasteiger partial charge in [-0.25, -0.2) is 4.79 Å². The summed E-state index contributed by atoms with van der Waals surface area (Å²) in [4.78, 5) is 13.8. The second kappa shape index (κ2) is 5.95. The molecule has 0 aromatic heterocycles. The van der Waals surface area contributed by atoms with Gasteiger partial charge < -0.3 is 15.5 Å². The van der Waals surface area contributed by atoms with E-state index in [0.717, 1.165) is 6.54 Å². The third-order valence-corrected chi connectivity index (χ3v) is 2.53. The lowest BCUT2D eigenvalue weighted by Crippen LogP contribution is -2.47. The van der Waals surface area contributed by atoms with Crippen LogP contribution in [-0.4, -0.2) is 42.6 Å². The Kier molecular flexibility index (Phi) is 4.88. The molecule has 1 heterocycles. The Hall–Kier alpha value is -0.770. The van der Waals surface area contributed by atoms with Crippen LogP contribution in [-0.2, 0) is 0 Å². The average Bonchev–Trinajstić information content (AvgIpc) is 2.53. The van der Waals surface area contributed by atoms with Gasteiger partial charge in [0.2, 0.25) is 0 Å². The SMILES string of the molecule is CC(C)NC(=O)NC(C)CN1CCCC1. The van der Waals surface area contributed by atoms with E-state index < -0.39 is 0 Å². The lowest BCUT2D eigenvalue weighted by molar-refractivity contribution is 0.229. The summed E-state index contributed by atoms with van der Waals surface area (Å²) in [6.07, 6.45) is 2.59. The first kappa shape index (κ1) is 12.3. The first-order valence-corrected chi connectivity index (χ1v) is 5.87. The molecule has 0 spiro atoms. The summed E-state index contributed by atoms with van der Waals surface area (Å²) in [6.45, 7) is 9.30. The molecule has 1 rings (SSSR count). The Balaban J connectivity index is 2.16. The zero-order valence-electron chi connectivity index (χ0n) is 10.0. The molecule has 2 N–H and O–H groups in total. The number of likely N-dealkylation sites (tertiary alicyclic amines) is 1. The van der Waals surface area contributed by atoms with E-state index in [4.69, 9.17) is 0 Å². The summed E-state index contributed by atoms with van der Waals surface area (Å²) >= 11 is 0. The number of amides is 2. The Morgan fingerprint density at radius 2 is 1.80 bits per heavy atom. The maximum Gasteiger partial charge on any atom is 0.315 e. The standard InChI is InChI=1S/C11H23N3O/c1-9(2)12-11(15)13-10(3)8-14-6-4-5-7-14/h9-10H,4-8H2,1-3H3,(H2,12,13,15). The molecule has 0 aromatic rings. The molecule has 0 saturated carbocycles. The van der Waals surface area contributed by atoms with Crippen molar-refractivity contribution in [2.45, 2.75) is 45.7 Å². The topological polar surface area (TPSA) is 44.4 Å². The molecule has 0 aromatic carbocycles. The number of hydrogen-bond acceptors (Lipinski definition) is 2. The van der Waals surface area contributed by atoms with E-state index in [0.29, 0.717) is 0 Å². The quantitative estimate of drug-likeness (QED) is 0.736. The molecular weight excluding hydrogens is 190 g/mol. The van der Waals surface area contributed by atoms with Crippen molar-refractivity contribution in [3.05, 3.63) is 0 Å². The number of nitrogens with one attached hydrogen (secondary N) is 2. The van der Waals surface area contributed by atoms with E-state index in [1.54, 1.807) is 0 Å². The van der Waals surface area contributed by atoms with Crippen molar-refractivity contribution < 1.29 is 4.79 Å². The lowest BCUT2D eigenvalue weighted by atomic mass is 10.3. The number of nitrogens with zero attached hydrogens (tertiary/aromatic N) is 1. The molecule has 4 nitrogen and oxygen atoms in total. The number of carbonyl (C=O) groups is 1.